The minimum atomic E-state index is -0.856. The van der Waals surface area contributed by atoms with Gasteiger partial charge in [0.15, 0.2) is 0 Å². The van der Waals surface area contributed by atoms with Gasteiger partial charge >= 0.3 is 5.97 Å². The third-order valence-corrected chi connectivity index (χ3v) is 2.23. The van der Waals surface area contributed by atoms with Gasteiger partial charge in [0, 0.05) is 18.2 Å². The summed E-state index contributed by atoms with van der Waals surface area (Å²) in [4.78, 5) is 10.5. The molecule has 0 saturated carbocycles. The van der Waals surface area contributed by atoms with Crippen LogP contribution in [-0.2, 0) is 11.2 Å². The maximum atomic E-state index is 10.5. The molecule has 0 radical (unpaired) electrons. The number of benzene rings is 1. The highest BCUT2D eigenvalue weighted by atomic mass is 16.4. The zero-order valence-corrected chi connectivity index (χ0v) is 7.53. The molecule has 0 aliphatic carbocycles. The van der Waals surface area contributed by atoms with Crippen LogP contribution in [-0.4, -0.2) is 22.7 Å². The van der Waals surface area contributed by atoms with Crippen LogP contribution in [0.3, 0.4) is 0 Å². The quantitative estimate of drug-likeness (QED) is 0.616. The maximum Gasteiger partial charge on any atom is 0.307 e. The van der Waals surface area contributed by atoms with Crippen LogP contribution in [0.15, 0.2) is 18.2 Å². The number of hydrogen-bond donors (Lipinski definition) is 3. The summed E-state index contributed by atoms with van der Waals surface area (Å²) in [5.41, 5.74) is 1.52. The number of phenols is 1. The van der Waals surface area contributed by atoms with Gasteiger partial charge in [-0.25, -0.2) is 0 Å². The van der Waals surface area contributed by atoms with Crippen molar-refractivity contribution in [1.29, 1.82) is 0 Å². The number of carboxylic acids is 1. The summed E-state index contributed by atoms with van der Waals surface area (Å²) in [5, 5.41) is 21.2. The largest absolute Gasteiger partial charge is 0.508 e. The van der Waals surface area contributed by atoms with E-state index in [0.29, 0.717) is 0 Å². The van der Waals surface area contributed by atoms with E-state index >= 15 is 0 Å². The second-order valence-corrected chi connectivity index (χ2v) is 3.42. The first-order chi connectivity index (χ1) is 6.66. The molecule has 1 fully saturated rings. The lowest BCUT2D eigenvalue weighted by Crippen LogP contribution is -2.00. The van der Waals surface area contributed by atoms with Crippen LogP contribution in [0.4, 0.5) is 0 Å². The predicted molar refractivity (Wildman–Crippen MR) is 50.2 cm³/mol. The maximum absolute atomic E-state index is 10.5. The summed E-state index contributed by atoms with van der Waals surface area (Å²) in [6.45, 7) is 0.851. The summed E-state index contributed by atoms with van der Waals surface area (Å²) >= 11 is 0. The Morgan fingerprint density at radius 3 is 2.86 bits per heavy atom. The van der Waals surface area contributed by atoms with Crippen molar-refractivity contribution in [3.63, 3.8) is 0 Å². The molecule has 3 N–H and O–H groups in total. The summed E-state index contributed by atoms with van der Waals surface area (Å²) < 4.78 is 0. The molecule has 1 aliphatic heterocycles. The van der Waals surface area contributed by atoms with E-state index in [-0.39, 0.29) is 18.2 Å². The number of hydrogen-bond acceptors (Lipinski definition) is 3. The SMILES string of the molecule is O=C(O)Cc1ccc(O)c([C@H]2CN2)c1. The zero-order chi connectivity index (χ0) is 10.1. The van der Waals surface area contributed by atoms with Crippen molar-refractivity contribution >= 4 is 5.97 Å². The third-order valence-electron chi connectivity index (χ3n) is 2.23. The Morgan fingerprint density at radius 2 is 2.29 bits per heavy atom. The molecular weight excluding hydrogens is 182 g/mol. The van der Waals surface area contributed by atoms with Crippen molar-refractivity contribution in [2.24, 2.45) is 0 Å². The number of carbonyl (C=O) groups is 1. The molecule has 0 bridgehead atoms. The van der Waals surface area contributed by atoms with Crippen LogP contribution in [0.5, 0.6) is 5.75 Å². The Balaban J connectivity index is 2.26. The van der Waals surface area contributed by atoms with Gasteiger partial charge < -0.3 is 15.5 Å². The van der Waals surface area contributed by atoms with Crippen molar-refractivity contribution in [3.8, 4) is 5.75 Å². The molecule has 1 aromatic rings. The van der Waals surface area contributed by atoms with Gasteiger partial charge in [-0.05, 0) is 17.7 Å². The molecule has 1 heterocycles. The molecule has 4 heteroatoms. The first-order valence-corrected chi connectivity index (χ1v) is 4.44. The molecule has 1 atom stereocenters. The topological polar surface area (TPSA) is 79.5 Å². The van der Waals surface area contributed by atoms with Gasteiger partial charge in [-0.3, -0.25) is 4.79 Å². The fourth-order valence-electron chi connectivity index (χ4n) is 1.45. The first-order valence-electron chi connectivity index (χ1n) is 4.44. The minimum absolute atomic E-state index is 0.000000000000000222. The Bertz CT molecular complexity index is 372. The predicted octanol–water partition coefficient (Wildman–Crippen LogP) is 0.664. The number of phenolic OH excluding ortho intramolecular Hbond substituents is 1. The van der Waals surface area contributed by atoms with Gasteiger partial charge in [0.1, 0.15) is 5.75 Å². The smallest absolute Gasteiger partial charge is 0.307 e. The second kappa shape index (κ2) is 3.31. The Hall–Kier alpha value is -1.55. The fraction of sp³-hybridized carbons (Fsp3) is 0.300. The van der Waals surface area contributed by atoms with E-state index < -0.39 is 5.97 Å². The molecule has 0 aromatic heterocycles. The van der Waals surface area contributed by atoms with Crippen molar-refractivity contribution in [1.82, 2.24) is 5.32 Å². The van der Waals surface area contributed by atoms with E-state index in [1.807, 2.05) is 0 Å². The van der Waals surface area contributed by atoms with Crippen LogP contribution < -0.4 is 5.32 Å². The van der Waals surface area contributed by atoms with E-state index in [9.17, 15) is 9.90 Å². The van der Waals surface area contributed by atoms with Crippen molar-refractivity contribution < 1.29 is 15.0 Å². The van der Waals surface area contributed by atoms with Gasteiger partial charge in [0.25, 0.3) is 0 Å². The van der Waals surface area contributed by atoms with Crippen LogP contribution >= 0.6 is 0 Å². The van der Waals surface area contributed by atoms with Crippen molar-refractivity contribution in [2.45, 2.75) is 12.5 Å². The van der Waals surface area contributed by atoms with E-state index in [1.165, 1.54) is 0 Å². The number of rotatable bonds is 3. The lowest BCUT2D eigenvalue weighted by atomic mass is 10.0. The Kier molecular flexibility index (Phi) is 2.13. The van der Waals surface area contributed by atoms with E-state index in [0.717, 1.165) is 17.7 Å². The Morgan fingerprint density at radius 1 is 1.57 bits per heavy atom. The monoisotopic (exact) mass is 193 g/mol. The van der Waals surface area contributed by atoms with Gasteiger partial charge in [-0.2, -0.15) is 0 Å². The van der Waals surface area contributed by atoms with E-state index in [2.05, 4.69) is 5.32 Å². The number of aliphatic carboxylic acids is 1. The Labute approximate surface area is 81.2 Å². The van der Waals surface area contributed by atoms with Crippen molar-refractivity contribution in [2.75, 3.05) is 6.54 Å². The number of carboxylic acid groups (broad SMARTS) is 1. The van der Waals surface area contributed by atoms with Gasteiger partial charge in [0.05, 0.1) is 6.42 Å². The summed E-state index contributed by atoms with van der Waals surface area (Å²) in [7, 11) is 0. The molecule has 4 nitrogen and oxygen atoms in total. The van der Waals surface area contributed by atoms with E-state index in [4.69, 9.17) is 5.11 Å². The molecule has 74 valence electrons. The second-order valence-electron chi connectivity index (χ2n) is 3.42. The van der Waals surface area contributed by atoms with Crippen LogP contribution in [0, 0.1) is 0 Å². The number of aromatic hydroxyl groups is 1. The van der Waals surface area contributed by atoms with Crippen molar-refractivity contribution in [3.05, 3.63) is 29.3 Å². The lowest BCUT2D eigenvalue weighted by Gasteiger charge is -2.04. The van der Waals surface area contributed by atoms with Gasteiger partial charge in [0.2, 0.25) is 0 Å². The van der Waals surface area contributed by atoms with Crippen LogP contribution in [0.25, 0.3) is 0 Å². The first kappa shape index (κ1) is 9.02. The molecule has 1 aliphatic rings. The normalized spacial score (nSPS) is 19.3. The van der Waals surface area contributed by atoms with Gasteiger partial charge in [-0.1, -0.05) is 6.07 Å². The zero-order valence-electron chi connectivity index (χ0n) is 7.53. The highest BCUT2D eigenvalue weighted by molar-refractivity contribution is 5.70. The molecule has 0 amide bonds. The summed E-state index contributed by atoms with van der Waals surface area (Å²) in [6.07, 6.45) is -0.000000000000000222. The summed E-state index contributed by atoms with van der Waals surface area (Å²) in [6, 6.07) is 5.13. The summed E-state index contributed by atoms with van der Waals surface area (Å²) in [5.74, 6) is -0.625. The van der Waals surface area contributed by atoms with Crippen LogP contribution in [0.1, 0.15) is 17.2 Å². The minimum Gasteiger partial charge on any atom is -0.508 e. The highest BCUT2D eigenvalue weighted by Crippen LogP contribution is 2.30. The van der Waals surface area contributed by atoms with E-state index in [1.54, 1.807) is 18.2 Å². The highest BCUT2D eigenvalue weighted by Gasteiger charge is 2.25. The molecule has 1 aromatic carbocycles. The third kappa shape index (κ3) is 1.85. The molecule has 2 rings (SSSR count). The molecule has 1 saturated heterocycles. The average molecular weight is 193 g/mol. The number of nitrogens with one attached hydrogen (secondary N) is 1. The van der Waals surface area contributed by atoms with Crippen LogP contribution in [0.2, 0.25) is 0 Å². The standard InChI is InChI=1S/C10H11NO3/c12-9-2-1-6(4-10(13)14)3-7(9)8-5-11-8/h1-3,8,11-12H,4-5H2,(H,13,14)/t8-/m1/s1. The van der Waals surface area contributed by atoms with Gasteiger partial charge in [-0.15, -0.1) is 0 Å². The molecule has 0 unspecified atom stereocenters. The fourth-order valence-corrected chi connectivity index (χ4v) is 1.45. The molecule has 14 heavy (non-hydrogen) atoms. The average Bonchev–Trinajstić information content (AvgIpc) is 2.90. The lowest BCUT2D eigenvalue weighted by molar-refractivity contribution is -0.136. The molecule has 0 spiro atoms. The molecular formula is C10H11NO3.